The number of amides is 1. The highest BCUT2D eigenvalue weighted by molar-refractivity contribution is 5.98. The number of ketones is 1. The normalized spacial score (nSPS) is 18.4. The molecular weight excluding hydrogens is 518 g/mol. The van der Waals surface area contributed by atoms with E-state index in [9.17, 15) is 9.59 Å². The van der Waals surface area contributed by atoms with E-state index in [1.165, 1.54) is 32.1 Å². The minimum Gasteiger partial charge on any atom is -0.491 e. The molecule has 2 heterocycles. The summed E-state index contributed by atoms with van der Waals surface area (Å²) < 4.78 is 18.2. The predicted octanol–water partition coefficient (Wildman–Crippen LogP) is 5.81. The smallest absolute Gasteiger partial charge is 0.273 e. The molecule has 1 aliphatic carbocycles. The molecule has 2 aromatic rings. The number of Topliss-reactive ketones (excluding diaryl/α,β-unsaturated/α-hetero) is 1. The van der Waals surface area contributed by atoms with Gasteiger partial charge in [-0.15, -0.1) is 0 Å². The van der Waals surface area contributed by atoms with E-state index in [-0.39, 0.29) is 43.6 Å². The summed E-state index contributed by atoms with van der Waals surface area (Å²) in [6, 6.07) is 7.73. The van der Waals surface area contributed by atoms with Gasteiger partial charge in [-0.25, -0.2) is 4.98 Å². The second kappa shape index (κ2) is 14.5. The van der Waals surface area contributed by atoms with Crippen molar-refractivity contribution in [2.24, 2.45) is 11.3 Å². The van der Waals surface area contributed by atoms with Gasteiger partial charge in [0.1, 0.15) is 35.9 Å². The average Bonchev–Trinajstić information content (AvgIpc) is 2.96. The van der Waals surface area contributed by atoms with Gasteiger partial charge in [0, 0.05) is 35.5 Å². The highest BCUT2D eigenvalue weighted by Crippen LogP contribution is 2.34. The molecule has 1 aromatic carbocycles. The largest absolute Gasteiger partial charge is 0.491 e. The number of para-hydroxylation sites is 1. The fourth-order valence-electron chi connectivity index (χ4n) is 5.72. The molecule has 0 unspecified atom stereocenters. The predicted molar refractivity (Wildman–Crippen MR) is 162 cm³/mol. The van der Waals surface area contributed by atoms with E-state index in [1.54, 1.807) is 6.07 Å². The fraction of sp³-hybridized carbons (Fsp3) is 0.667. The third-order valence-electron chi connectivity index (χ3n) is 8.19. The van der Waals surface area contributed by atoms with Crippen molar-refractivity contribution in [3.63, 3.8) is 0 Å². The number of piperidine rings is 1. The Labute approximate surface area is 245 Å². The van der Waals surface area contributed by atoms with Crippen molar-refractivity contribution in [1.82, 2.24) is 15.2 Å². The van der Waals surface area contributed by atoms with Crippen LogP contribution < -0.4 is 14.8 Å². The highest BCUT2D eigenvalue weighted by Gasteiger charge is 2.30. The number of ether oxygens (including phenoxy) is 3. The molecule has 1 atom stereocenters. The molecule has 1 amide bonds. The maximum atomic E-state index is 14.0. The van der Waals surface area contributed by atoms with E-state index in [0.717, 1.165) is 31.3 Å². The average molecular weight is 568 g/mol. The van der Waals surface area contributed by atoms with E-state index in [0.29, 0.717) is 35.2 Å². The van der Waals surface area contributed by atoms with Crippen molar-refractivity contribution in [1.29, 1.82) is 0 Å². The number of pyridine rings is 1. The summed E-state index contributed by atoms with van der Waals surface area (Å²) in [4.78, 5) is 33.1. The Morgan fingerprint density at radius 1 is 1.02 bits per heavy atom. The monoisotopic (exact) mass is 567 g/mol. The van der Waals surface area contributed by atoms with Crippen LogP contribution in [0.15, 0.2) is 24.3 Å². The molecule has 0 spiro atoms. The Morgan fingerprint density at radius 2 is 1.80 bits per heavy atom. The Hall–Kier alpha value is -2.71. The first-order valence-corrected chi connectivity index (χ1v) is 15.5. The Balaban J connectivity index is 1.59. The number of carbonyl (C=O) groups excluding carboxylic acids is 2. The number of carbonyl (C=O) groups is 2. The summed E-state index contributed by atoms with van der Waals surface area (Å²) in [5, 5.41) is 4.23. The minimum atomic E-state index is -0.443. The lowest BCUT2D eigenvalue weighted by atomic mass is 9.90. The molecule has 1 saturated carbocycles. The van der Waals surface area contributed by atoms with Gasteiger partial charge < -0.3 is 24.4 Å². The van der Waals surface area contributed by atoms with E-state index >= 15 is 0 Å². The number of aromatic nitrogens is 1. The molecule has 8 heteroatoms. The molecule has 1 aliphatic heterocycles. The number of rotatable bonds is 12. The maximum Gasteiger partial charge on any atom is 0.273 e. The quantitative estimate of drug-likeness (QED) is 0.324. The molecule has 0 radical (unpaired) electrons. The van der Waals surface area contributed by atoms with Crippen LogP contribution in [-0.2, 0) is 9.53 Å². The summed E-state index contributed by atoms with van der Waals surface area (Å²) >= 11 is 0. The van der Waals surface area contributed by atoms with Gasteiger partial charge in [0.15, 0.2) is 5.78 Å². The Kier molecular flexibility index (Phi) is 11.0. The molecule has 8 nitrogen and oxygen atoms in total. The third kappa shape index (κ3) is 8.41. The van der Waals surface area contributed by atoms with Crippen LogP contribution in [0.2, 0.25) is 0 Å². The van der Waals surface area contributed by atoms with Crippen molar-refractivity contribution in [2.45, 2.75) is 91.6 Å². The first-order chi connectivity index (χ1) is 19.6. The van der Waals surface area contributed by atoms with Gasteiger partial charge in [-0.2, -0.15) is 0 Å². The number of benzene rings is 1. The fourth-order valence-corrected chi connectivity index (χ4v) is 5.72. The minimum absolute atomic E-state index is 0.0285. The standard InChI is InChI=1S/C33H49N3O5/c1-23(2)36(25-13-10-16-34-20-25)32(38)27-19-29(40-18-17-39-22-30(37)33(3,4)5)26-14-9-15-28(31(26)35-27)41-21-24-11-7-6-8-12-24/h9,14-15,19,23-25,34H,6-8,10-13,16-18,20-22H2,1-5H3/t25-/m1/s1. The van der Waals surface area contributed by atoms with Crippen LogP contribution in [-0.4, -0.2) is 73.2 Å². The van der Waals surface area contributed by atoms with Gasteiger partial charge in [-0.1, -0.05) is 46.1 Å². The van der Waals surface area contributed by atoms with E-state index in [4.69, 9.17) is 19.2 Å². The van der Waals surface area contributed by atoms with Crippen molar-refractivity contribution >= 4 is 22.6 Å². The maximum absolute atomic E-state index is 14.0. The lowest BCUT2D eigenvalue weighted by Gasteiger charge is -2.37. The first kappa shape index (κ1) is 31.2. The van der Waals surface area contributed by atoms with E-state index in [1.807, 2.05) is 43.9 Å². The molecule has 226 valence electrons. The van der Waals surface area contributed by atoms with Gasteiger partial charge in [0.05, 0.1) is 13.2 Å². The number of nitrogens with one attached hydrogen (secondary N) is 1. The van der Waals surface area contributed by atoms with E-state index in [2.05, 4.69) is 19.2 Å². The van der Waals surface area contributed by atoms with Gasteiger partial charge in [-0.05, 0) is 64.1 Å². The summed E-state index contributed by atoms with van der Waals surface area (Å²) in [6.45, 7) is 12.7. The van der Waals surface area contributed by atoms with Crippen LogP contribution in [0.1, 0.15) is 90.1 Å². The molecular formula is C33H49N3O5. The molecule has 2 aliphatic rings. The van der Waals surface area contributed by atoms with Crippen LogP contribution in [0, 0.1) is 11.3 Å². The number of hydrogen-bond acceptors (Lipinski definition) is 7. The SMILES string of the molecule is CC(C)N(C(=O)c1cc(OCCOCC(=O)C(C)(C)C)c2cccc(OCC3CCCCC3)c2n1)[C@@H]1CCCNC1. The van der Waals surface area contributed by atoms with Gasteiger partial charge in [0.2, 0.25) is 0 Å². The van der Waals surface area contributed by atoms with E-state index < -0.39 is 5.41 Å². The second-order valence-electron chi connectivity index (χ2n) is 12.9. The zero-order valence-corrected chi connectivity index (χ0v) is 25.7. The Bertz CT molecular complexity index is 1160. The molecule has 4 rings (SSSR count). The number of nitrogens with zero attached hydrogens (tertiary/aromatic N) is 2. The van der Waals surface area contributed by atoms with Crippen LogP contribution in [0.5, 0.6) is 11.5 Å². The summed E-state index contributed by atoms with van der Waals surface area (Å²) in [5.74, 6) is 1.73. The van der Waals surface area contributed by atoms with Gasteiger partial charge in [-0.3, -0.25) is 9.59 Å². The lowest BCUT2D eigenvalue weighted by molar-refractivity contribution is -0.131. The Morgan fingerprint density at radius 3 is 2.49 bits per heavy atom. The zero-order chi connectivity index (χ0) is 29.4. The molecule has 2 fully saturated rings. The molecule has 1 N–H and O–H groups in total. The highest BCUT2D eigenvalue weighted by atomic mass is 16.5. The third-order valence-corrected chi connectivity index (χ3v) is 8.19. The van der Waals surface area contributed by atoms with Gasteiger partial charge >= 0.3 is 0 Å². The van der Waals surface area contributed by atoms with Crippen molar-refractivity contribution in [3.05, 3.63) is 30.0 Å². The van der Waals surface area contributed by atoms with Crippen molar-refractivity contribution in [2.75, 3.05) is 39.5 Å². The second-order valence-corrected chi connectivity index (χ2v) is 12.9. The summed E-state index contributed by atoms with van der Waals surface area (Å²) in [6.07, 6.45) is 8.19. The van der Waals surface area contributed by atoms with Crippen LogP contribution in [0.25, 0.3) is 10.9 Å². The molecule has 0 bridgehead atoms. The van der Waals surface area contributed by atoms with Crippen molar-refractivity contribution < 1.29 is 23.8 Å². The van der Waals surface area contributed by atoms with Crippen LogP contribution in [0.3, 0.4) is 0 Å². The first-order valence-electron chi connectivity index (χ1n) is 15.5. The van der Waals surface area contributed by atoms with Crippen molar-refractivity contribution in [3.8, 4) is 11.5 Å². The molecule has 1 saturated heterocycles. The summed E-state index contributed by atoms with van der Waals surface area (Å²) in [5.41, 5.74) is 0.546. The number of hydrogen-bond donors (Lipinski definition) is 1. The lowest BCUT2D eigenvalue weighted by Crippen LogP contribution is -2.51. The zero-order valence-electron chi connectivity index (χ0n) is 25.7. The molecule has 41 heavy (non-hydrogen) atoms. The molecule has 1 aromatic heterocycles. The van der Waals surface area contributed by atoms with Gasteiger partial charge in [0.25, 0.3) is 5.91 Å². The number of fused-ring (bicyclic) bond motifs is 1. The summed E-state index contributed by atoms with van der Waals surface area (Å²) in [7, 11) is 0. The van der Waals surface area contributed by atoms with Crippen LogP contribution in [0.4, 0.5) is 0 Å². The topological polar surface area (TPSA) is 90.0 Å². The van der Waals surface area contributed by atoms with Crippen LogP contribution >= 0.6 is 0 Å².